The molecule has 162 valence electrons. The van der Waals surface area contributed by atoms with Gasteiger partial charge in [-0.1, -0.05) is 0 Å². The second-order valence-electron chi connectivity index (χ2n) is 8.06. The maximum Gasteiger partial charge on any atom is 0.321 e. The van der Waals surface area contributed by atoms with E-state index >= 15 is 0 Å². The van der Waals surface area contributed by atoms with Crippen molar-refractivity contribution < 1.29 is 18.0 Å². The van der Waals surface area contributed by atoms with E-state index in [0.717, 1.165) is 5.56 Å². The third-order valence-electron chi connectivity index (χ3n) is 4.88. The summed E-state index contributed by atoms with van der Waals surface area (Å²) in [5.74, 6) is -0.146. The molecule has 0 radical (unpaired) electrons. The summed E-state index contributed by atoms with van der Waals surface area (Å²) in [7, 11) is -3.31. The van der Waals surface area contributed by atoms with Crippen LogP contribution in [0.2, 0.25) is 0 Å². The van der Waals surface area contributed by atoms with Gasteiger partial charge in [-0.05, 0) is 71.2 Å². The summed E-state index contributed by atoms with van der Waals surface area (Å²) in [6, 6.07) is 4.85. The van der Waals surface area contributed by atoms with Crippen molar-refractivity contribution in [1.82, 2.24) is 14.9 Å². The minimum atomic E-state index is -3.31. The molecule has 29 heavy (non-hydrogen) atoms. The minimum absolute atomic E-state index is 0.0510. The van der Waals surface area contributed by atoms with E-state index in [9.17, 15) is 18.0 Å². The molecule has 9 heteroatoms. The number of nitrogens with zero attached hydrogens (tertiary/aromatic N) is 1. The number of nitrogens with one attached hydrogen (secondary N) is 3. The summed E-state index contributed by atoms with van der Waals surface area (Å²) in [6.07, 6.45) is 1.15. The second kappa shape index (κ2) is 9.58. The first kappa shape index (κ1) is 23.2. The van der Waals surface area contributed by atoms with E-state index in [-0.39, 0.29) is 24.0 Å². The van der Waals surface area contributed by atoms with Crippen LogP contribution in [0.5, 0.6) is 0 Å². The van der Waals surface area contributed by atoms with Crippen molar-refractivity contribution in [2.75, 3.05) is 18.4 Å². The number of piperidine rings is 1. The average Bonchev–Trinajstić information content (AvgIpc) is 2.62. The fourth-order valence-corrected chi connectivity index (χ4v) is 4.03. The van der Waals surface area contributed by atoms with Crippen LogP contribution in [0.25, 0.3) is 0 Å². The number of hydrogen-bond acceptors (Lipinski definition) is 4. The molecule has 1 aliphatic heterocycles. The summed E-state index contributed by atoms with van der Waals surface area (Å²) in [6.45, 7) is 9.88. The molecule has 8 nitrogen and oxygen atoms in total. The van der Waals surface area contributed by atoms with Crippen LogP contribution in [0.4, 0.5) is 10.5 Å². The van der Waals surface area contributed by atoms with Crippen molar-refractivity contribution >= 4 is 27.6 Å². The van der Waals surface area contributed by atoms with E-state index in [0.29, 0.717) is 37.2 Å². The van der Waals surface area contributed by atoms with Crippen LogP contribution >= 0.6 is 0 Å². The number of likely N-dealkylation sites (tertiary alicyclic amines) is 1. The predicted octanol–water partition coefficient (Wildman–Crippen LogP) is 2.46. The first-order valence-corrected chi connectivity index (χ1v) is 11.5. The zero-order chi connectivity index (χ0) is 21.8. The number of sulfonamides is 1. The van der Waals surface area contributed by atoms with Gasteiger partial charge in [0.15, 0.2) is 0 Å². The Morgan fingerprint density at radius 3 is 2.24 bits per heavy atom. The van der Waals surface area contributed by atoms with E-state index in [1.165, 1.54) is 0 Å². The molecular formula is C20H32N4O4S. The zero-order valence-corrected chi connectivity index (χ0v) is 18.6. The lowest BCUT2D eigenvalue weighted by Gasteiger charge is -2.32. The summed E-state index contributed by atoms with van der Waals surface area (Å²) >= 11 is 0. The monoisotopic (exact) mass is 424 g/mol. The van der Waals surface area contributed by atoms with Gasteiger partial charge in [-0.25, -0.2) is 17.9 Å². The molecule has 3 N–H and O–H groups in total. The van der Waals surface area contributed by atoms with Gasteiger partial charge in [0, 0.05) is 36.4 Å². The Hall–Kier alpha value is -2.13. The number of anilines is 1. The zero-order valence-electron chi connectivity index (χ0n) is 17.8. The number of hydrogen-bond donors (Lipinski definition) is 3. The molecule has 0 unspecified atom stereocenters. The summed E-state index contributed by atoms with van der Waals surface area (Å²) in [4.78, 5) is 26.4. The maximum atomic E-state index is 12.6. The van der Waals surface area contributed by atoms with Gasteiger partial charge in [0.1, 0.15) is 0 Å². The van der Waals surface area contributed by atoms with Gasteiger partial charge in [0.2, 0.25) is 10.0 Å². The first-order chi connectivity index (χ1) is 13.5. The van der Waals surface area contributed by atoms with Crippen molar-refractivity contribution in [3.63, 3.8) is 0 Å². The van der Waals surface area contributed by atoms with Crippen molar-refractivity contribution in [1.29, 1.82) is 0 Å². The minimum Gasteiger partial charge on any atom is -0.350 e. The normalized spacial score (nSPS) is 15.6. The smallest absolute Gasteiger partial charge is 0.321 e. The van der Waals surface area contributed by atoms with Gasteiger partial charge in [-0.2, -0.15) is 0 Å². The van der Waals surface area contributed by atoms with Crippen LogP contribution in [0.15, 0.2) is 18.2 Å². The van der Waals surface area contributed by atoms with E-state index in [1.54, 1.807) is 36.9 Å². The molecule has 1 aromatic rings. The van der Waals surface area contributed by atoms with Crippen LogP contribution < -0.4 is 15.4 Å². The fourth-order valence-electron chi connectivity index (χ4n) is 3.05. The van der Waals surface area contributed by atoms with Crippen molar-refractivity contribution in [2.45, 2.75) is 64.8 Å². The molecule has 0 spiro atoms. The number of rotatable bonds is 6. The number of urea groups is 1. The summed E-state index contributed by atoms with van der Waals surface area (Å²) in [5, 5.41) is 5.25. The quantitative estimate of drug-likeness (QED) is 0.652. The van der Waals surface area contributed by atoms with E-state index in [4.69, 9.17) is 0 Å². The highest BCUT2D eigenvalue weighted by Gasteiger charge is 2.27. The maximum absolute atomic E-state index is 12.6. The number of carbonyl (C=O) groups is 2. The fraction of sp³-hybridized carbons (Fsp3) is 0.600. The average molecular weight is 425 g/mol. The van der Waals surface area contributed by atoms with Gasteiger partial charge < -0.3 is 15.5 Å². The molecule has 3 amide bonds. The number of amides is 3. The third kappa shape index (κ3) is 6.43. The SMILES string of the molecule is Cc1cc(C(=O)NC(C)C)ccc1NC(=O)N1CCC(NS(=O)(=O)C(C)C)CC1. The van der Waals surface area contributed by atoms with Crippen molar-refractivity contribution in [2.24, 2.45) is 0 Å². The topological polar surface area (TPSA) is 108 Å². The molecule has 2 rings (SSSR count). The predicted molar refractivity (Wildman–Crippen MR) is 115 cm³/mol. The molecule has 1 saturated heterocycles. The van der Waals surface area contributed by atoms with E-state index in [2.05, 4.69) is 15.4 Å². The van der Waals surface area contributed by atoms with Crippen LogP contribution in [0.1, 0.15) is 56.5 Å². The van der Waals surface area contributed by atoms with Gasteiger partial charge in [-0.15, -0.1) is 0 Å². The number of benzene rings is 1. The number of aryl methyl sites for hydroxylation is 1. The highest BCUT2D eigenvalue weighted by atomic mass is 32.2. The molecule has 0 aliphatic carbocycles. The van der Waals surface area contributed by atoms with Gasteiger partial charge in [0.05, 0.1) is 5.25 Å². The van der Waals surface area contributed by atoms with Gasteiger partial charge >= 0.3 is 6.03 Å². The van der Waals surface area contributed by atoms with Crippen molar-refractivity contribution in [3.8, 4) is 0 Å². The molecule has 1 aliphatic rings. The van der Waals surface area contributed by atoms with Gasteiger partial charge in [0.25, 0.3) is 5.91 Å². The third-order valence-corrected chi connectivity index (χ3v) is 6.79. The molecule has 0 atom stereocenters. The summed E-state index contributed by atoms with van der Waals surface area (Å²) in [5.41, 5.74) is 2.00. The van der Waals surface area contributed by atoms with Crippen LogP contribution in [-0.2, 0) is 10.0 Å². The second-order valence-corrected chi connectivity index (χ2v) is 10.3. The largest absolute Gasteiger partial charge is 0.350 e. The Bertz CT molecular complexity index is 844. The molecule has 1 fully saturated rings. The Labute approximate surface area is 173 Å². The molecule has 1 aromatic carbocycles. The lowest BCUT2D eigenvalue weighted by atomic mass is 10.1. The van der Waals surface area contributed by atoms with Gasteiger partial charge in [-0.3, -0.25) is 4.79 Å². The summed E-state index contributed by atoms with van der Waals surface area (Å²) < 4.78 is 26.7. The molecule has 1 heterocycles. The van der Waals surface area contributed by atoms with E-state index in [1.807, 2.05) is 20.8 Å². The molecular weight excluding hydrogens is 392 g/mol. The first-order valence-electron chi connectivity index (χ1n) is 9.98. The molecule has 0 aromatic heterocycles. The van der Waals surface area contributed by atoms with E-state index < -0.39 is 15.3 Å². The highest BCUT2D eigenvalue weighted by molar-refractivity contribution is 7.90. The Morgan fingerprint density at radius 1 is 1.10 bits per heavy atom. The van der Waals surface area contributed by atoms with Crippen molar-refractivity contribution in [3.05, 3.63) is 29.3 Å². The Balaban J connectivity index is 1.92. The molecule has 0 saturated carbocycles. The Morgan fingerprint density at radius 2 is 1.72 bits per heavy atom. The van der Waals surface area contributed by atoms with Crippen LogP contribution in [-0.4, -0.2) is 55.7 Å². The van der Waals surface area contributed by atoms with Crippen LogP contribution in [0, 0.1) is 6.92 Å². The van der Waals surface area contributed by atoms with Crippen LogP contribution in [0.3, 0.4) is 0 Å². The standard InChI is InChI=1S/C20H32N4O4S/c1-13(2)21-19(25)16-6-7-18(15(5)12-16)22-20(26)24-10-8-17(9-11-24)23-29(27,28)14(3)4/h6-7,12-14,17,23H,8-11H2,1-5H3,(H,21,25)(H,22,26). The lowest BCUT2D eigenvalue weighted by molar-refractivity contribution is 0.0943. The number of carbonyl (C=O) groups excluding carboxylic acids is 2. The lowest BCUT2D eigenvalue weighted by Crippen LogP contribution is -2.48. The molecule has 0 bridgehead atoms. The Kier molecular flexibility index (Phi) is 7.65. The highest BCUT2D eigenvalue weighted by Crippen LogP contribution is 2.19.